The maximum Gasteiger partial charge on any atom is 0.269 e. The Morgan fingerprint density at radius 3 is 2.62 bits per heavy atom. The van der Waals surface area contributed by atoms with Gasteiger partial charge in [-0.1, -0.05) is 12.1 Å². The number of methoxy groups -OCH3 is 1. The molecule has 0 aliphatic carbocycles. The van der Waals surface area contributed by atoms with Crippen LogP contribution in [0.5, 0.6) is 11.5 Å². The molecule has 0 saturated carbocycles. The van der Waals surface area contributed by atoms with Gasteiger partial charge in [0.15, 0.2) is 11.5 Å². The van der Waals surface area contributed by atoms with Crippen LogP contribution in [0.2, 0.25) is 0 Å². The molecule has 26 heavy (non-hydrogen) atoms. The summed E-state index contributed by atoms with van der Waals surface area (Å²) in [5.74, 6) is -0.551. The van der Waals surface area contributed by atoms with E-state index in [-0.39, 0.29) is 12.0 Å². The highest BCUT2D eigenvalue weighted by Crippen LogP contribution is 2.36. The normalized spacial score (nSPS) is 10.2. The molecule has 0 fully saturated rings. The van der Waals surface area contributed by atoms with Crippen LogP contribution in [-0.2, 0) is 11.2 Å². The molecule has 138 valence electrons. The summed E-state index contributed by atoms with van der Waals surface area (Å²) in [7, 11) is 1.47. The molecule has 6 nitrogen and oxygen atoms in total. The lowest BCUT2D eigenvalue weighted by atomic mass is 10.1. The second-order valence-corrected chi connectivity index (χ2v) is 6.09. The average molecular weight is 425 g/mol. The first kappa shape index (κ1) is 19.7. The van der Waals surface area contributed by atoms with Crippen LogP contribution in [0.15, 0.2) is 40.9 Å². The Bertz CT molecular complexity index is 814. The van der Waals surface area contributed by atoms with Crippen LogP contribution in [0.25, 0.3) is 0 Å². The predicted octanol–water partition coefficient (Wildman–Crippen LogP) is 3.00. The minimum Gasteiger partial charge on any atom is -0.493 e. The van der Waals surface area contributed by atoms with Gasteiger partial charge in [0.05, 0.1) is 24.6 Å². The van der Waals surface area contributed by atoms with Crippen molar-refractivity contribution >= 4 is 27.7 Å². The van der Waals surface area contributed by atoms with Crippen LogP contribution in [0.3, 0.4) is 0 Å². The van der Waals surface area contributed by atoms with Crippen molar-refractivity contribution in [2.45, 2.75) is 13.3 Å². The standard InChI is InChI=1S/C18H18BrFN2O4/c1-3-26-17-14(19)9-12(10-15(17)25-2)18(24)22-21-16(23)8-11-5-4-6-13(20)7-11/h4-7,9-10H,3,8H2,1-2H3,(H,21,23)(H,22,24). The summed E-state index contributed by atoms with van der Waals surface area (Å²) in [5, 5.41) is 0. The molecule has 0 radical (unpaired) electrons. The van der Waals surface area contributed by atoms with Crippen LogP contribution in [0, 0.1) is 5.82 Å². The van der Waals surface area contributed by atoms with Crippen molar-refractivity contribution in [3.63, 3.8) is 0 Å². The molecule has 0 saturated heterocycles. The first-order valence-electron chi connectivity index (χ1n) is 7.78. The van der Waals surface area contributed by atoms with E-state index in [2.05, 4.69) is 26.8 Å². The highest BCUT2D eigenvalue weighted by molar-refractivity contribution is 9.10. The van der Waals surface area contributed by atoms with Crippen molar-refractivity contribution in [3.8, 4) is 11.5 Å². The Hall–Kier alpha value is -2.61. The Morgan fingerprint density at radius 1 is 1.19 bits per heavy atom. The molecule has 2 N–H and O–H groups in total. The van der Waals surface area contributed by atoms with Crippen molar-refractivity contribution in [2.24, 2.45) is 0 Å². The lowest BCUT2D eigenvalue weighted by Gasteiger charge is -2.13. The zero-order chi connectivity index (χ0) is 19.1. The molecule has 0 atom stereocenters. The molecule has 0 spiro atoms. The van der Waals surface area contributed by atoms with Crippen LogP contribution in [0.1, 0.15) is 22.8 Å². The van der Waals surface area contributed by atoms with Gasteiger partial charge in [-0.15, -0.1) is 0 Å². The molecular weight excluding hydrogens is 407 g/mol. The highest BCUT2D eigenvalue weighted by atomic mass is 79.9. The zero-order valence-corrected chi connectivity index (χ0v) is 15.9. The van der Waals surface area contributed by atoms with Gasteiger partial charge in [0, 0.05) is 5.56 Å². The van der Waals surface area contributed by atoms with Crippen molar-refractivity contribution in [1.82, 2.24) is 10.9 Å². The van der Waals surface area contributed by atoms with Gasteiger partial charge < -0.3 is 9.47 Å². The average Bonchev–Trinajstić information content (AvgIpc) is 2.61. The van der Waals surface area contributed by atoms with Gasteiger partial charge in [-0.25, -0.2) is 4.39 Å². The van der Waals surface area contributed by atoms with Crippen molar-refractivity contribution in [1.29, 1.82) is 0 Å². The summed E-state index contributed by atoms with van der Waals surface area (Å²) in [6, 6.07) is 8.75. The zero-order valence-electron chi connectivity index (χ0n) is 14.3. The number of amides is 2. The minimum absolute atomic E-state index is 0.0612. The Morgan fingerprint density at radius 2 is 1.96 bits per heavy atom. The molecule has 0 aliphatic heterocycles. The predicted molar refractivity (Wildman–Crippen MR) is 97.6 cm³/mol. The van der Waals surface area contributed by atoms with E-state index in [9.17, 15) is 14.0 Å². The van der Waals surface area contributed by atoms with E-state index in [1.54, 1.807) is 12.1 Å². The fourth-order valence-corrected chi connectivity index (χ4v) is 2.77. The number of nitrogens with one attached hydrogen (secondary N) is 2. The number of hydrazine groups is 1. The number of carbonyl (C=O) groups is 2. The number of carbonyl (C=O) groups excluding carboxylic acids is 2. The van der Waals surface area contributed by atoms with Gasteiger partial charge in [0.2, 0.25) is 5.91 Å². The van der Waals surface area contributed by atoms with Crippen LogP contribution >= 0.6 is 15.9 Å². The summed E-state index contributed by atoms with van der Waals surface area (Å²) in [5.41, 5.74) is 5.38. The quantitative estimate of drug-likeness (QED) is 0.698. The molecule has 0 aliphatic rings. The maximum absolute atomic E-state index is 13.1. The molecule has 8 heteroatoms. The smallest absolute Gasteiger partial charge is 0.269 e. The van der Waals surface area contributed by atoms with E-state index in [0.29, 0.717) is 28.1 Å². The third-order valence-electron chi connectivity index (χ3n) is 3.35. The molecular formula is C18H18BrFN2O4. The Kier molecular flexibility index (Phi) is 6.97. The molecule has 0 unspecified atom stereocenters. The molecule has 2 amide bonds. The topological polar surface area (TPSA) is 76.7 Å². The van der Waals surface area contributed by atoms with E-state index < -0.39 is 17.6 Å². The molecule has 0 heterocycles. The third-order valence-corrected chi connectivity index (χ3v) is 3.94. The number of hydrogen-bond donors (Lipinski definition) is 2. The molecule has 2 aromatic rings. The van der Waals surface area contributed by atoms with E-state index in [1.165, 1.54) is 31.4 Å². The van der Waals surface area contributed by atoms with Crippen LogP contribution < -0.4 is 20.3 Å². The van der Waals surface area contributed by atoms with Crippen molar-refractivity contribution in [2.75, 3.05) is 13.7 Å². The lowest BCUT2D eigenvalue weighted by molar-refractivity contribution is -0.121. The number of rotatable bonds is 6. The molecule has 0 bridgehead atoms. The summed E-state index contributed by atoms with van der Waals surface area (Å²) in [6.45, 7) is 2.28. The van der Waals surface area contributed by atoms with Crippen molar-refractivity contribution < 1.29 is 23.5 Å². The van der Waals surface area contributed by atoms with Gasteiger partial charge in [-0.3, -0.25) is 20.4 Å². The molecule has 2 rings (SSSR count). The first-order chi connectivity index (χ1) is 12.4. The number of benzene rings is 2. The fraction of sp³-hybridized carbons (Fsp3) is 0.222. The van der Waals surface area contributed by atoms with Crippen molar-refractivity contribution in [3.05, 3.63) is 57.8 Å². The van der Waals surface area contributed by atoms with E-state index in [4.69, 9.17) is 9.47 Å². The third kappa shape index (κ3) is 5.19. The van der Waals surface area contributed by atoms with Gasteiger partial charge in [0.1, 0.15) is 5.82 Å². The molecule has 2 aromatic carbocycles. The van der Waals surface area contributed by atoms with Gasteiger partial charge >= 0.3 is 0 Å². The summed E-state index contributed by atoms with van der Waals surface area (Å²) in [6.07, 6.45) is -0.0612. The fourth-order valence-electron chi connectivity index (χ4n) is 2.21. The second-order valence-electron chi connectivity index (χ2n) is 5.23. The van der Waals surface area contributed by atoms with E-state index in [1.807, 2.05) is 6.92 Å². The number of hydrogen-bond acceptors (Lipinski definition) is 4. The Labute approximate surface area is 158 Å². The van der Waals surface area contributed by atoms with Gasteiger partial charge in [0.25, 0.3) is 5.91 Å². The van der Waals surface area contributed by atoms with E-state index in [0.717, 1.165) is 0 Å². The SMILES string of the molecule is CCOc1c(Br)cc(C(=O)NNC(=O)Cc2cccc(F)c2)cc1OC. The summed E-state index contributed by atoms with van der Waals surface area (Å²) < 4.78 is 24.4. The number of halogens is 2. The van der Waals surface area contributed by atoms with E-state index >= 15 is 0 Å². The van der Waals surface area contributed by atoms with Crippen LogP contribution in [0.4, 0.5) is 4.39 Å². The van der Waals surface area contributed by atoms with Crippen LogP contribution in [-0.4, -0.2) is 25.5 Å². The largest absolute Gasteiger partial charge is 0.493 e. The highest BCUT2D eigenvalue weighted by Gasteiger charge is 2.16. The lowest BCUT2D eigenvalue weighted by Crippen LogP contribution is -2.42. The molecule has 0 aromatic heterocycles. The van der Waals surface area contributed by atoms with Gasteiger partial charge in [-0.2, -0.15) is 0 Å². The minimum atomic E-state index is -0.528. The maximum atomic E-state index is 13.1. The second kappa shape index (κ2) is 9.19. The van der Waals surface area contributed by atoms with Gasteiger partial charge in [-0.05, 0) is 52.7 Å². The first-order valence-corrected chi connectivity index (χ1v) is 8.57. The summed E-state index contributed by atoms with van der Waals surface area (Å²) >= 11 is 3.33. The Balaban J connectivity index is 2.01. The number of ether oxygens (including phenoxy) is 2. The summed E-state index contributed by atoms with van der Waals surface area (Å²) in [4.78, 5) is 24.1. The monoisotopic (exact) mass is 424 g/mol.